The minimum absolute atomic E-state index is 0.0395. The van der Waals surface area contributed by atoms with Crippen molar-refractivity contribution in [2.75, 3.05) is 26.7 Å². The number of piperidine rings is 1. The summed E-state index contributed by atoms with van der Waals surface area (Å²) in [5.74, 6) is 3.57. The Balaban J connectivity index is 1.44. The van der Waals surface area contributed by atoms with Crippen molar-refractivity contribution in [1.29, 1.82) is 0 Å². The van der Waals surface area contributed by atoms with Crippen LogP contribution in [0.15, 0.2) is 39.4 Å². The maximum Gasteiger partial charge on any atom is 0.289 e. The second-order valence-electron chi connectivity index (χ2n) is 7.85. The van der Waals surface area contributed by atoms with E-state index in [4.69, 9.17) is 8.83 Å². The number of aromatic nitrogens is 3. The van der Waals surface area contributed by atoms with Gasteiger partial charge in [-0.3, -0.25) is 14.3 Å². The van der Waals surface area contributed by atoms with Crippen LogP contribution in [0.5, 0.6) is 0 Å². The Hall–Kier alpha value is -2.87. The number of carbonyl (C=O) groups is 1. The van der Waals surface area contributed by atoms with Crippen LogP contribution in [0.1, 0.15) is 35.0 Å². The molecular formula is C20H23N5O3. The van der Waals surface area contributed by atoms with Gasteiger partial charge in [0.25, 0.3) is 5.91 Å². The summed E-state index contributed by atoms with van der Waals surface area (Å²) in [6.07, 6.45) is 3.33. The molecule has 0 aromatic carbocycles. The lowest BCUT2D eigenvalue weighted by atomic mass is 9.84. The van der Waals surface area contributed by atoms with E-state index in [1.54, 1.807) is 12.3 Å². The number of amides is 1. The van der Waals surface area contributed by atoms with E-state index in [9.17, 15) is 4.79 Å². The van der Waals surface area contributed by atoms with Gasteiger partial charge in [-0.05, 0) is 51.1 Å². The number of furan rings is 2. The fraction of sp³-hybridized carbons (Fsp3) is 0.450. The average molecular weight is 381 g/mol. The molecule has 5 heterocycles. The van der Waals surface area contributed by atoms with Gasteiger partial charge in [-0.2, -0.15) is 0 Å². The van der Waals surface area contributed by atoms with E-state index in [1.165, 1.54) is 0 Å². The van der Waals surface area contributed by atoms with Gasteiger partial charge in [0.2, 0.25) is 0 Å². The maximum atomic E-state index is 12.8. The molecule has 8 heteroatoms. The third kappa shape index (κ3) is 2.67. The van der Waals surface area contributed by atoms with Gasteiger partial charge < -0.3 is 13.7 Å². The van der Waals surface area contributed by atoms with Crippen molar-refractivity contribution < 1.29 is 13.6 Å². The first-order valence-corrected chi connectivity index (χ1v) is 9.59. The fourth-order valence-electron chi connectivity index (χ4n) is 4.57. The third-order valence-electron chi connectivity index (χ3n) is 5.85. The molecule has 0 bridgehead atoms. The SMILES string of the molecule is Cc1ccc(C(=O)N2CCC3(CC2)CN(C)Cc2nnc(-c4ccco4)n23)o1. The predicted molar refractivity (Wildman–Crippen MR) is 101 cm³/mol. The topological polar surface area (TPSA) is 80.5 Å². The average Bonchev–Trinajstić information content (AvgIpc) is 3.41. The van der Waals surface area contributed by atoms with E-state index in [-0.39, 0.29) is 11.4 Å². The summed E-state index contributed by atoms with van der Waals surface area (Å²) in [6, 6.07) is 7.36. The van der Waals surface area contributed by atoms with Crippen LogP contribution >= 0.6 is 0 Å². The summed E-state index contributed by atoms with van der Waals surface area (Å²) in [6.45, 7) is 4.84. The molecule has 1 fully saturated rings. The van der Waals surface area contributed by atoms with E-state index in [2.05, 4.69) is 26.7 Å². The smallest absolute Gasteiger partial charge is 0.289 e. The molecule has 3 aromatic rings. The van der Waals surface area contributed by atoms with E-state index in [0.29, 0.717) is 18.8 Å². The summed E-state index contributed by atoms with van der Waals surface area (Å²) in [7, 11) is 2.11. The standard InChI is InChI=1S/C20H23N5O3/c1-14-5-6-16(28-14)19(26)24-9-7-20(8-10-24)13-23(2)12-17-21-22-18(25(17)20)15-4-3-11-27-15/h3-6,11H,7-10,12-13H2,1-2H3. The molecule has 0 unspecified atom stereocenters. The highest BCUT2D eigenvalue weighted by Gasteiger charge is 2.44. The number of carbonyl (C=O) groups excluding carboxylic acids is 1. The zero-order chi connectivity index (χ0) is 19.3. The maximum absolute atomic E-state index is 12.8. The van der Waals surface area contributed by atoms with Crippen molar-refractivity contribution in [1.82, 2.24) is 24.6 Å². The quantitative estimate of drug-likeness (QED) is 0.679. The van der Waals surface area contributed by atoms with Crippen molar-refractivity contribution >= 4 is 5.91 Å². The summed E-state index contributed by atoms with van der Waals surface area (Å²) < 4.78 is 13.4. The van der Waals surface area contributed by atoms with Crippen LogP contribution in [0.3, 0.4) is 0 Å². The van der Waals surface area contributed by atoms with Crippen molar-refractivity contribution in [3.8, 4) is 11.6 Å². The first-order valence-electron chi connectivity index (χ1n) is 9.59. The Bertz CT molecular complexity index is 995. The zero-order valence-corrected chi connectivity index (χ0v) is 16.1. The summed E-state index contributed by atoms with van der Waals surface area (Å²) in [5, 5.41) is 8.86. The van der Waals surface area contributed by atoms with Crippen LogP contribution in [0, 0.1) is 6.92 Å². The Morgan fingerprint density at radius 1 is 1.18 bits per heavy atom. The van der Waals surface area contributed by atoms with Crippen LogP contribution in [-0.2, 0) is 12.1 Å². The minimum atomic E-state index is -0.149. The summed E-state index contributed by atoms with van der Waals surface area (Å²) in [4.78, 5) is 16.9. The van der Waals surface area contributed by atoms with Crippen molar-refractivity contribution in [3.63, 3.8) is 0 Å². The lowest BCUT2D eigenvalue weighted by Crippen LogP contribution is -2.56. The highest BCUT2D eigenvalue weighted by molar-refractivity contribution is 5.91. The molecule has 5 rings (SSSR count). The van der Waals surface area contributed by atoms with E-state index >= 15 is 0 Å². The van der Waals surface area contributed by atoms with Crippen LogP contribution in [0.2, 0.25) is 0 Å². The lowest BCUT2D eigenvalue weighted by Gasteiger charge is -2.47. The second kappa shape index (κ2) is 6.34. The molecular weight excluding hydrogens is 358 g/mol. The number of nitrogens with zero attached hydrogens (tertiary/aromatic N) is 5. The van der Waals surface area contributed by atoms with E-state index in [0.717, 1.165) is 49.1 Å². The molecule has 0 aliphatic carbocycles. The Morgan fingerprint density at radius 2 is 2.00 bits per heavy atom. The number of hydrogen-bond acceptors (Lipinski definition) is 6. The molecule has 8 nitrogen and oxygen atoms in total. The first-order chi connectivity index (χ1) is 13.6. The largest absolute Gasteiger partial charge is 0.461 e. The van der Waals surface area contributed by atoms with Crippen LogP contribution in [0.4, 0.5) is 0 Å². The number of fused-ring (bicyclic) bond motifs is 2. The van der Waals surface area contributed by atoms with Gasteiger partial charge in [0.1, 0.15) is 11.6 Å². The molecule has 1 amide bonds. The molecule has 28 heavy (non-hydrogen) atoms. The molecule has 0 saturated carbocycles. The van der Waals surface area contributed by atoms with Gasteiger partial charge in [0.05, 0.1) is 18.3 Å². The van der Waals surface area contributed by atoms with Gasteiger partial charge in [0, 0.05) is 19.6 Å². The summed E-state index contributed by atoms with van der Waals surface area (Å²) >= 11 is 0. The van der Waals surface area contributed by atoms with Crippen molar-refractivity contribution in [2.45, 2.75) is 31.8 Å². The van der Waals surface area contributed by atoms with Gasteiger partial charge in [-0.1, -0.05) is 0 Å². The number of rotatable bonds is 2. The first kappa shape index (κ1) is 17.2. The molecule has 0 atom stereocenters. The predicted octanol–water partition coefficient (Wildman–Crippen LogP) is 2.52. The fourth-order valence-corrected chi connectivity index (χ4v) is 4.57. The zero-order valence-electron chi connectivity index (χ0n) is 16.1. The molecule has 0 N–H and O–H groups in total. The van der Waals surface area contributed by atoms with Gasteiger partial charge in [-0.15, -0.1) is 10.2 Å². The molecule has 146 valence electrons. The Morgan fingerprint density at radius 3 is 2.68 bits per heavy atom. The van der Waals surface area contributed by atoms with Crippen molar-refractivity contribution in [3.05, 3.63) is 47.9 Å². The van der Waals surface area contributed by atoms with Crippen LogP contribution in [-0.4, -0.2) is 57.2 Å². The number of hydrogen-bond donors (Lipinski definition) is 0. The number of aryl methyl sites for hydroxylation is 1. The second-order valence-corrected chi connectivity index (χ2v) is 7.85. The number of likely N-dealkylation sites (tertiary alicyclic amines) is 1. The highest BCUT2D eigenvalue weighted by Crippen LogP contribution is 2.39. The van der Waals surface area contributed by atoms with Gasteiger partial charge in [0.15, 0.2) is 17.3 Å². The molecule has 1 saturated heterocycles. The van der Waals surface area contributed by atoms with Crippen LogP contribution < -0.4 is 0 Å². The van der Waals surface area contributed by atoms with Gasteiger partial charge in [-0.25, -0.2) is 0 Å². The molecule has 2 aliphatic rings. The van der Waals surface area contributed by atoms with Crippen molar-refractivity contribution in [2.24, 2.45) is 0 Å². The summed E-state index contributed by atoms with van der Waals surface area (Å²) in [5.41, 5.74) is -0.149. The Kier molecular flexibility index (Phi) is 3.90. The van der Waals surface area contributed by atoms with Crippen LogP contribution in [0.25, 0.3) is 11.6 Å². The lowest BCUT2D eigenvalue weighted by molar-refractivity contribution is 0.0387. The molecule has 0 radical (unpaired) electrons. The van der Waals surface area contributed by atoms with Gasteiger partial charge >= 0.3 is 0 Å². The highest BCUT2D eigenvalue weighted by atomic mass is 16.4. The van der Waals surface area contributed by atoms with E-state index < -0.39 is 0 Å². The molecule has 3 aromatic heterocycles. The molecule has 1 spiro atoms. The molecule has 2 aliphatic heterocycles. The monoisotopic (exact) mass is 381 g/mol. The Labute approximate surface area is 162 Å². The number of likely N-dealkylation sites (N-methyl/N-ethyl adjacent to an activating group) is 1. The van der Waals surface area contributed by atoms with E-state index in [1.807, 2.05) is 30.0 Å². The normalized spacial score (nSPS) is 19.1. The third-order valence-corrected chi connectivity index (χ3v) is 5.85. The minimum Gasteiger partial charge on any atom is -0.461 e.